The van der Waals surface area contributed by atoms with Gasteiger partial charge in [0.05, 0.1) is 22.3 Å². The summed E-state index contributed by atoms with van der Waals surface area (Å²) in [6.07, 6.45) is 4.27. The lowest BCUT2D eigenvalue weighted by Gasteiger charge is -2.30. The smallest absolute Gasteiger partial charge is 0.275 e. The standard InChI is InChI=1S/C23H26ClFN6O/c24-18-11-15(14-30-7-1-2-8-30)3-4-19(18)27-22-21-16(13-26-29-23(21)32)12-20(28-22)31-9-5-17(25)6-10-31/h3-4,11-13,17H,1-2,5-10,14H2,(H,27,28)(H,29,32). The van der Waals surface area contributed by atoms with Gasteiger partial charge in [-0.3, -0.25) is 9.69 Å². The van der Waals surface area contributed by atoms with Crippen LogP contribution in [0.5, 0.6) is 0 Å². The van der Waals surface area contributed by atoms with E-state index in [0.29, 0.717) is 59.0 Å². The second-order valence-corrected chi connectivity index (χ2v) is 8.98. The molecule has 0 aliphatic carbocycles. The molecule has 2 fully saturated rings. The van der Waals surface area contributed by atoms with Gasteiger partial charge in [0.25, 0.3) is 5.56 Å². The Labute approximate surface area is 190 Å². The number of halogens is 2. The number of hydrogen-bond acceptors (Lipinski definition) is 6. The molecule has 0 spiro atoms. The molecule has 0 saturated carbocycles. The number of piperidine rings is 1. The molecule has 1 aromatic carbocycles. The van der Waals surface area contributed by atoms with Gasteiger partial charge in [-0.2, -0.15) is 5.10 Å². The zero-order valence-electron chi connectivity index (χ0n) is 17.8. The third-order valence-electron chi connectivity index (χ3n) is 6.27. The minimum absolute atomic E-state index is 0.326. The Morgan fingerprint density at radius 2 is 1.94 bits per heavy atom. The minimum atomic E-state index is -0.772. The molecule has 0 bridgehead atoms. The van der Waals surface area contributed by atoms with E-state index in [1.165, 1.54) is 12.8 Å². The number of benzene rings is 1. The Morgan fingerprint density at radius 3 is 2.69 bits per heavy atom. The van der Waals surface area contributed by atoms with E-state index in [4.69, 9.17) is 16.6 Å². The summed E-state index contributed by atoms with van der Waals surface area (Å²) in [6.45, 7) is 4.30. The van der Waals surface area contributed by atoms with Crippen molar-refractivity contribution < 1.29 is 4.39 Å². The van der Waals surface area contributed by atoms with Crippen molar-refractivity contribution in [3.63, 3.8) is 0 Å². The van der Waals surface area contributed by atoms with Crippen molar-refractivity contribution in [2.75, 3.05) is 36.4 Å². The first-order valence-electron chi connectivity index (χ1n) is 11.1. The number of aromatic nitrogens is 3. The quantitative estimate of drug-likeness (QED) is 0.597. The van der Waals surface area contributed by atoms with Crippen LogP contribution in [-0.2, 0) is 6.54 Å². The van der Waals surface area contributed by atoms with E-state index in [9.17, 15) is 9.18 Å². The van der Waals surface area contributed by atoms with Crippen LogP contribution in [-0.4, -0.2) is 52.4 Å². The zero-order chi connectivity index (χ0) is 22.1. The first kappa shape index (κ1) is 21.2. The Morgan fingerprint density at radius 1 is 1.16 bits per heavy atom. The fourth-order valence-corrected chi connectivity index (χ4v) is 4.77. The van der Waals surface area contributed by atoms with E-state index in [1.54, 1.807) is 6.20 Å². The number of fused-ring (bicyclic) bond motifs is 1. The predicted molar refractivity (Wildman–Crippen MR) is 126 cm³/mol. The first-order chi connectivity index (χ1) is 15.6. The van der Waals surface area contributed by atoms with Gasteiger partial charge in [-0.05, 0) is 62.5 Å². The highest BCUT2D eigenvalue weighted by atomic mass is 35.5. The molecular weight excluding hydrogens is 431 g/mol. The lowest BCUT2D eigenvalue weighted by atomic mass is 10.1. The lowest BCUT2D eigenvalue weighted by Crippen LogP contribution is -2.35. The number of nitrogens with zero attached hydrogens (tertiary/aromatic N) is 4. The number of aromatic amines is 1. The summed E-state index contributed by atoms with van der Waals surface area (Å²) in [6, 6.07) is 7.78. The molecule has 4 heterocycles. The number of alkyl halides is 1. The molecule has 7 nitrogen and oxygen atoms in total. The van der Waals surface area contributed by atoms with Crippen LogP contribution in [0.3, 0.4) is 0 Å². The third-order valence-corrected chi connectivity index (χ3v) is 6.59. The fourth-order valence-electron chi connectivity index (χ4n) is 4.52. The van der Waals surface area contributed by atoms with Crippen LogP contribution in [0.4, 0.5) is 21.7 Å². The van der Waals surface area contributed by atoms with Crippen molar-refractivity contribution in [1.29, 1.82) is 0 Å². The van der Waals surface area contributed by atoms with Crippen molar-refractivity contribution in [2.45, 2.75) is 38.4 Å². The normalized spacial score (nSPS) is 17.9. The van der Waals surface area contributed by atoms with Gasteiger partial charge in [-0.15, -0.1) is 0 Å². The highest BCUT2D eigenvalue weighted by molar-refractivity contribution is 6.33. The van der Waals surface area contributed by atoms with E-state index in [1.807, 2.05) is 23.1 Å². The highest BCUT2D eigenvalue weighted by Crippen LogP contribution is 2.31. The monoisotopic (exact) mass is 456 g/mol. The molecule has 9 heteroatoms. The summed E-state index contributed by atoms with van der Waals surface area (Å²) in [5.74, 6) is 1.11. The first-order valence-corrected chi connectivity index (χ1v) is 11.5. The molecule has 2 saturated heterocycles. The Balaban J connectivity index is 1.47. The van der Waals surface area contributed by atoms with Crippen LogP contribution in [0.2, 0.25) is 5.02 Å². The number of likely N-dealkylation sites (tertiary alicyclic amines) is 1. The van der Waals surface area contributed by atoms with Crippen LogP contribution >= 0.6 is 11.6 Å². The summed E-state index contributed by atoms with van der Waals surface area (Å²) < 4.78 is 13.6. The number of hydrogen-bond donors (Lipinski definition) is 2. The van der Waals surface area contributed by atoms with Gasteiger partial charge in [-0.1, -0.05) is 17.7 Å². The Kier molecular flexibility index (Phi) is 5.97. The Hall–Kier alpha value is -2.71. The maximum atomic E-state index is 13.6. The summed E-state index contributed by atoms with van der Waals surface area (Å²) >= 11 is 6.60. The maximum absolute atomic E-state index is 13.6. The van der Waals surface area contributed by atoms with Crippen molar-refractivity contribution in [3.8, 4) is 0 Å². The molecule has 5 rings (SSSR count). The molecule has 168 valence electrons. The second kappa shape index (κ2) is 9.03. The zero-order valence-corrected chi connectivity index (χ0v) is 18.5. The van der Waals surface area contributed by atoms with Crippen molar-refractivity contribution >= 4 is 39.7 Å². The van der Waals surface area contributed by atoms with Crippen LogP contribution in [0, 0.1) is 0 Å². The molecule has 0 atom stereocenters. The number of anilines is 3. The molecule has 2 N–H and O–H groups in total. The molecular formula is C23H26ClFN6O. The summed E-state index contributed by atoms with van der Waals surface area (Å²) in [4.78, 5) is 21.7. The molecule has 2 aromatic heterocycles. The van der Waals surface area contributed by atoms with Crippen molar-refractivity contribution in [3.05, 3.63) is 51.4 Å². The molecule has 2 aliphatic rings. The van der Waals surface area contributed by atoms with Gasteiger partial charge in [0.1, 0.15) is 17.8 Å². The van der Waals surface area contributed by atoms with Crippen LogP contribution in [0.25, 0.3) is 10.8 Å². The van der Waals surface area contributed by atoms with E-state index >= 15 is 0 Å². The maximum Gasteiger partial charge on any atom is 0.275 e. The topological polar surface area (TPSA) is 77.1 Å². The van der Waals surface area contributed by atoms with Gasteiger partial charge in [0.2, 0.25) is 0 Å². The van der Waals surface area contributed by atoms with E-state index in [2.05, 4.69) is 26.5 Å². The van der Waals surface area contributed by atoms with Crippen LogP contribution < -0.4 is 15.8 Å². The van der Waals surface area contributed by atoms with Crippen molar-refractivity contribution in [2.24, 2.45) is 0 Å². The second-order valence-electron chi connectivity index (χ2n) is 8.58. The third kappa shape index (κ3) is 4.42. The van der Waals surface area contributed by atoms with E-state index < -0.39 is 6.17 Å². The molecule has 2 aliphatic heterocycles. The average molecular weight is 457 g/mol. The van der Waals surface area contributed by atoms with Gasteiger partial charge >= 0.3 is 0 Å². The van der Waals surface area contributed by atoms with Crippen LogP contribution in [0.1, 0.15) is 31.2 Å². The molecule has 0 radical (unpaired) electrons. The molecule has 3 aromatic rings. The number of H-pyrrole nitrogens is 1. The summed E-state index contributed by atoms with van der Waals surface area (Å²) in [5.41, 5.74) is 1.51. The average Bonchev–Trinajstić information content (AvgIpc) is 3.29. The lowest BCUT2D eigenvalue weighted by molar-refractivity contribution is 0.277. The molecule has 32 heavy (non-hydrogen) atoms. The SMILES string of the molecule is O=c1[nH]ncc2cc(N3CCC(F)CC3)nc(Nc3ccc(CN4CCCC4)cc3Cl)c12. The predicted octanol–water partition coefficient (Wildman–Crippen LogP) is 4.25. The van der Waals surface area contributed by atoms with Crippen LogP contribution in [0.15, 0.2) is 35.3 Å². The van der Waals surface area contributed by atoms with Gasteiger partial charge in [0.15, 0.2) is 0 Å². The fraction of sp³-hybridized carbons (Fsp3) is 0.435. The van der Waals surface area contributed by atoms with Gasteiger partial charge < -0.3 is 10.2 Å². The summed E-state index contributed by atoms with van der Waals surface area (Å²) in [5, 5.41) is 11.3. The Bertz CT molecular complexity index is 1170. The van der Waals surface area contributed by atoms with Crippen molar-refractivity contribution in [1.82, 2.24) is 20.1 Å². The largest absolute Gasteiger partial charge is 0.356 e. The van der Waals surface area contributed by atoms with E-state index in [-0.39, 0.29) is 5.56 Å². The van der Waals surface area contributed by atoms with Gasteiger partial charge in [-0.25, -0.2) is 14.5 Å². The molecule has 0 unspecified atom stereocenters. The number of pyridine rings is 1. The molecule has 0 amide bonds. The summed E-state index contributed by atoms with van der Waals surface area (Å²) in [7, 11) is 0. The number of rotatable bonds is 5. The van der Waals surface area contributed by atoms with E-state index in [0.717, 1.165) is 25.2 Å². The van der Waals surface area contributed by atoms with Gasteiger partial charge in [0, 0.05) is 25.0 Å². The number of nitrogens with one attached hydrogen (secondary N) is 2. The minimum Gasteiger partial charge on any atom is -0.356 e. The highest BCUT2D eigenvalue weighted by Gasteiger charge is 2.21.